The Kier molecular flexibility index (Phi) is 5.20. The van der Waals surface area contributed by atoms with E-state index < -0.39 is 0 Å². The summed E-state index contributed by atoms with van der Waals surface area (Å²) >= 11 is 1.43. The Morgan fingerprint density at radius 3 is 2.00 bits per heavy atom. The van der Waals surface area contributed by atoms with Crippen molar-refractivity contribution < 1.29 is 4.42 Å². The van der Waals surface area contributed by atoms with Gasteiger partial charge >= 0.3 is 0 Å². The van der Waals surface area contributed by atoms with E-state index in [0.29, 0.717) is 22.7 Å². The van der Waals surface area contributed by atoms with Gasteiger partial charge in [0, 0.05) is 17.5 Å². The van der Waals surface area contributed by atoms with E-state index in [1.807, 2.05) is 67.6 Å². The van der Waals surface area contributed by atoms with Crippen LogP contribution in [0.25, 0.3) is 22.5 Å². The molecule has 0 amide bonds. The Morgan fingerprint density at radius 2 is 1.37 bits per heavy atom. The van der Waals surface area contributed by atoms with Gasteiger partial charge in [0.2, 0.25) is 16.9 Å². The fourth-order valence-corrected chi connectivity index (χ4v) is 3.20. The van der Waals surface area contributed by atoms with E-state index in [4.69, 9.17) is 9.40 Å². The molecule has 4 aromatic rings. The second-order valence-electron chi connectivity index (χ2n) is 5.76. The van der Waals surface area contributed by atoms with Crippen LogP contribution in [0.5, 0.6) is 0 Å². The summed E-state index contributed by atoms with van der Waals surface area (Å²) in [6.07, 6.45) is 0.722. The summed E-state index contributed by atoms with van der Waals surface area (Å²) in [5, 5.41) is 17.3. The summed E-state index contributed by atoms with van der Waals surface area (Å²) < 4.78 is 5.54. The van der Waals surface area contributed by atoms with E-state index in [9.17, 15) is 0 Å². The van der Waals surface area contributed by atoms with Gasteiger partial charge < -0.3 is 4.42 Å². The Labute approximate surface area is 161 Å². The Bertz CT molecular complexity index is 1020. The van der Waals surface area contributed by atoms with Crippen molar-refractivity contribution in [3.63, 3.8) is 0 Å². The zero-order valence-electron chi connectivity index (χ0n) is 14.7. The molecule has 0 N–H and O–H groups in total. The van der Waals surface area contributed by atoms with Gasteiger partial charge in [-0.3, -0.25) is 0 Å². The van der Waals surface area contributed by atoms with Crippen LogP contribution in [-0.2, 0) is 12.2 Å². The lowest BCUT2D eigenvalue weighted by atomic mass is 10.0. The highest BCUT2D eigenvalue weighted by molar-refractivity contribution is 7.98. The Hall–Kier alpha value is -3.06. The maximum atomic E-state index is 5.54. The third-order valence-electron chi connectivity index (χ3n) is 3.90. The minimum absolute atomic E-state index is 0.508. The molecule has 0 aliphatic heterocycles. The van der Waals surface area contributed by atoms with Crippen molar-refractivity contribution in [2.24, 2.45) is 0 Å². The lowest BCUT2D eigenvalue weighted by Crippen LogP contribution is -1.99. The molecule has 0 saturated heterocycles. The van der Waals surface area contributed by atoms with Crippen molar-refractivity contribution in [3.8, 4) is 22.5 Å². The SMILES string of the molecule is CCc1nnc(CSc2nnc(-c3ccccc3)c(-c3ccccc3)n2)o1. The summed E-state index contributed by atoms with van der Waals surface area (Å²) in [6, 6.07) is 20.0. The molecule has 0 radical (unpaired) electrons. The van der Waals surface area contributed by atoms with Gasteiger partial charge in [0.25, 0.3) is 0 Å². The lowest BCUT2D eigenvalue weighted by Gasteiger charge is -2.09. The van der Waals surface area contributed by atoms with E-state index in [1.54, 1.807) is 0 Å². The van der Waals surface area contributed by atoms with Crippen LogP contribution in [0.4, 0.5) is 0 Å². The molecular weight excluding hydrogens is 358 g/mol. The van der Waals surface area contributed by atoms with Crippen LogP contribution in [-0.4, -0.2) is 25.4 Å². The van der Waals surface area contributed by atoms with E-state index in [-0.39, 0.29) is 0 Å². The molecule has 2 heterocycles. The first kappa shape index (κ1) is 17.4. The van der Waals surface area contributed by atoms with Crippen LogP contribution in [0, 0.1) is 0 Å². The first-order chi connectivity index (χ1) is 13.3. The van der Waals surface area contributed by atoms with Crippen LogP contribution >= 0.6 is 11.8 Å². The molecule has 134 valence electrons. The fraction of sp³-hybridized carbons (Fsp3) is 0.150. The van der Waals surface area contributed by atoms with Crippen LogP contribution in [0.3, 0.4) is 0 Å². The second kappa shape index (κ2) is 8.09. The first-order valence-electron chi connectivity index (χ1n) is 8.63. The zero-order chi connectivity index (χ0) is 18.5. The largest absolute Gasteiger partial charge is 0.424 e. The highest BCUT2D eigenvalue weighted by Gasteiger charge is 2.14. The minimum atomic E-state index is 0.508. The third-order valence-corrected chi connectivity index (χ3v) is 4.72. The molecule has 2 aromatic heterocycles. The molecule has 7 heteroatoms. The third kappa shape index (κ3) is 4.03. The second-order valence-corrected chi connectivity index (χ2v) is 6.70. The molecule has 0 unspecified atom stereocenters. The standard InChI is InChI=1S/C20H17N5OS/c1-2-16-22-23-17(26-16)13-27-20-21-18(14-9-5-3-6-10-14)19(24-25-20)15-11-7-4-8-12-15/h3-12H,2,13H2,1H3. The number of hydrogen-bond donors (Lipinski definition) is 0. The molecule has 27 heavy (non-hydrogen) atoms. The molecule has 0 aliphatic rings. The van der Waals surface area contributed by atoms with Crippen molar-refractivity contribution in [2.45, 2.75) is 24.3 Å². The molecule has 0 aliphatic carbocycles. The molecule has 6 nitrogen and oxygen atoms in total. The minimum Gasteiger partial charge on any atom is -0.424 e. The molecule has 0 saturated carbocycles. The van der Waals surface area contributed by atoms with Crippen LogP contribution in [0.1, 0.15) is 18.7 Å². The van der Waals surface area contributed by atoms with Crippen molar-refractivity contribution in [1.82, 2.24) is 25.4 Å². The predicted molar refractivity (Wildman–Crippen MR) is 104 cm³/mol. The summed E-state index contributed by atoms with van der Waals surface area (Å²) in [7, 11) is 0. The van der Waals surface area contributed by atoms with Crippen molar-refractivity contribution >= 4 is 11.8 Å². The van der Waals surface area contributed by atoms with Crippen LogP contribution in [0.2, 0.25) is 0 Å². The summed E-state index contributed by atoms with van der Waals surface area (Å²) in [4.78, 5) is 4.76. The number of nitrogens with zero attached hydrogens (tertiary/aromatic N) is 5. The molecule has 4 rings (SSSR count). The zero-order valence-corrected chi connectivity index (χ0v) is 15.6. The van der Waals surface area contributed by atoms with E-state index >= 15 is 0 Å². The van der Waals surface area contributed by atoms with Gasteiger partial charge in [-0.25, -0.2) is 4.98 Å². The number of benzene rings is 2. The molecular formula is C20H17N5OS. The number of aromatic nitrogens is 5. The van der Waals surface area contributed by atoms with Crippen molar-refractivity contribution in [2.75, 3.05) is 0 Å². The maximum absolute atomic E-state index is 5.54. The molecule has 0 atom stereocenters. The quantitative estimate of drug-likeness (QED) is 0.461. The van der Waals surface area contributed by atoms with Gasteiger partial charge in [-0.2, -0.15) is 0 Å². The monoisotopic (exact) mass is 375 g/mol. The average molecular weight is 375 g/mol. The highest BCUT2D eigenvalue weighted by Crippen LogP contribution is 2.30. The van der Waals surface area contributed by atoms with Gasteiger partial charge in [-0.05, 0) is 0 Å². The first-order valence-corrected chi connectivity index (χ1v) is 9.61. The number of hydrogen-bond acceptors (Lipinski definition) is 7. The van der Waals surface area contributed by atoms with E-state index in [2.05, 4.69) is 20.4 Å². The Morgan fingerprint density at radius 1 is 0.741 bits per heavy atom. The van der Waals surface area contributed by atoms with Gasteiger partial charge in [0.1, 0.15) is 11.4 Å². The summed E-state index contributed by atoms with van der Waals surface area (Å²) in [6.45, 7) is 1.98. The maximum Gasteiger partial charge on any atom is 0.226 e. The molecule has 0 fully saturated rings. The number of rotatable bonds is 6. The highest BCUT2D eigenvalue weighted by atomic mass is 32.2. The summed E-state index contributed by atoms with van der Waals surface area (Å²) in [5.74, 6) is 1.70. The van der Waals surface area contributed by atoms with Gasteiger partial charge in [-0.1, -0.05) is 79.3 Å². The number of thioether (sulfide) groups is 1. The fourth-order valence-electron chi connectivity index (χ4n) is 2.58. The summed E-state index contributed by atoms with van der Waals surface area (Å²) in [5.41, 5.74) is 3.55. The predicted octanol–water partition coefficient (Wildman–Crippen LogP) is 4.44. The van der Waals surface area contributed by atoms with Crippen molar-refractivity contribution in [3.05, 3.63) is 72.4 Å². The van der Waals surface area contributed by atoms with E-state index in [1.165, 1.54) is 11.8 Å². The van der Waals surface area contributed by atoms with Crippen LogP contribution < -0.4 is 0 Å². The molecule has 0 bridgehead atoms. The topological polar surface area (TPSA) is 77.6 Å². The van der Waals surface area contributed by atoms with Gasteiger partial charge in [-0.15, -0.1) is 20.4 Å². The van der Waals surface area contributed by atoms with Crippen LogP contribution in [0.15, 0.2) is 70.2 Å². The average Bonchev–Trinajstić information content (AvgIpc) is 3.21. The van der Waals surface area contributed by atoms with E-state index in [0.717, 1.165) is 28.9 Å². The smallest absolute Gasteiger partial charge is 0.226 e. The number of aryl methyl sites for hydroxylation is 1. The van der Waals surface area contributed by atoms with Crippen molar-refractivity contribution in [1.29, 1.82) is 0 Å². The van der Waals surface area contributed by atoms with Gasteiger partial charge in [0.15, 0.2) is 0 Å². The van der Waals surface area contributed by atoms with Gasteiger partial charge in [0.05, 0.1) is 5.75 Å². The Balaban J connectivity index is 1.66. The molecule has 0 spiro atoms. The normalized spacial score (nSPS) is 10.9. The molecule has 2 aromatic carbocycles. The lowest BCUT2D eigenvalue weighted by molar-refractivity contribution is 0.470.